The summed E-state index contributed by atoms with van der Waals surface area (Å²) in [6.07, 6.45) is 7.79. The molecule has 3 N–H and O–H groups in total. The van der Waals surface area contributed by atoms with Gasteiger partial charge in [-0.25, -0.2) is 0 Å². The highest BCUT2D eigenvalue weighted by molar-refractivity contribution is 6.06. The maximum Gasteiger partial charge on any atom is 0.0535 e. The number of fused-ring (bicyclic) bond motifs is 1. The van der Waals surface area contributed by atoms with Gasteiger partial charge in [0.2, 0.25) is 0 Å². The molecule has 0 radical (unpaired) electrons. The average Bonchev–Trinajstić information content (AvgIpc) is 2.49. The van der Waals surface area contributed by atoms with Gasteiger partial charge in [-0.15, -0.1) is 0 Å². The highest BCUT2D eigenvalue weighted by Crippen LogP contribution is 2.19. The smallest absolute Gasteiger partial charge is 0.0535 e. The normalized spacial score (nSPS) is 14.3. The van der Waals surface area contributed by atoms with Gasteiger partial charge in [0.15, 0.2) is 0 Å². The third-order valence-electron chi connectivity index (χ3n) is 2.23. The Morgan fingerprint density at radius 3 is 3.07 bits per heavy atom. The van der Waals surface area contributed by atoms with Gasteiger partial charge in [-0.1, -0.05) is 24.3 Å². The summed E-state index contributed by atoms with van der Waals surface area (Å²) in [7, 11) is 0. The molecular formula is C12H13N3. The second kappa shape index (κ2) is 4.46. The summed E-state index contributed by atoms with van der Waals surface area (Å²) in [5, 5.41) is 3.18. The Labute approximate surface area is 89.0 Å². The van der Waals surface area contributed by atoms with Crippen molar-refractivity contribution in [1.29, 1.82) is 0 Å². The molecule has 1 aromatic carbocycles. The third-order valence-corrected chi connectivity index (χ3v) is 2.23. The fourth-order valence-electron chi connectivity index (χ4n) is 1.53. The van der Waals surface area contributed by atoms with Crippen LogP contribution in [0.25, 0.3) is 0 Å². The van der Waals surface area contributed by atoms with Crippen LogP contribution < -0.4 is 11.1 Å². The number of rotatable bonds is 2. The van der Waals surface area contributed by atoms with E-state index in [2.05, 4.69) is 16.4 Å². The Hall–Kier alpha value is -2.03. The molecule has 0 aromatic heterocycles. The van der Waals surface area contributed by atoms with Crippen LogP contribution in [0.5, 0.6) is 0 Å². The predicted octanol–water partition coefficient (Wildman–Crippen LogP) is 2.23. The van der Waals surface area contributed by atoms with Gasteiger partial charge in [0, 0.05) is 30.1 Å². The lowest BCUT2D eigenvalue weighted by Gasteiger charge is -2.07. The minimum atomic E-state index is 0.750. The van der Waals surface area contributed by atoms with E-state index in [0.29, 0.717) is 0 Å². The molecule has 0 spiro atoms. The van der Waals surface area contributed by atoms with Gasteiger partial charge < -0.3 is 11.1 Å². The van der Waals surface area contributed by atoms with Crippen LogP contribution in [-0.4, -0.2) is 5.71 Å². The molecule has 3 heteroatoms. The molecule has 2 rings (SSSR count). The van der Waals surface area contributed by atoms with Crippen molar-refractivity contribution in [3.8, 4) is 0 Å². The van der Waals surface area contributed by atoms with E-state index in [9.17, 15) is 0 Å². The largest absolute Gasteiger partial charge is 0.405 e. The number of para-hydroxylation sites is 1. The van der Waals surface area contributed by atoms with Crippen molar-refractivity contribution in [1.82, 2.24) is 0 Å². The molecule has 1 aliphatic rings. The predicted molar refractivity (Wildman–Crippen MR) is 63.7 cm³/mol. The van der Waals surface area contributed by atoms with Crippen molar-refractivity contribution in [2.45, 2.75) is 6.42 Å². The van der Waals surface area contributed by atoms with Crippen molar-refractivity contribution in [3.05, 3.63) is 54.5 Å². The van der Waals surface area contributed by atoms with E-state index in [1.165, 1.54) is 0 Å². The van der Waals surface area contributed by atoms with Crippen LogP contribution in [0, 0.1) is 0 Å². The minimum absolute atomic E-state index is 0.750. The van der Waals surface area contributed by atoms with Crippen molar-refractivity contribution in [3.63, 3.8) is 0 Å². The maximum absolute atomic E-state index is 5.34. The van der Waals surface area contributed by atoms with Crippen molar-refractivity contribution < 1.29 is 0 Å². The van der Waals surface area contributed by atoms with E-state index in [-0.39, 0.29) is 0 Å². The van der Waals surface area contributed by atoms with Gasteiger partial charge >= 0.3 is 0 Å². The van der Waals surface area contributed by atoms with Gasteiger partial charge in [0.1, 0.15) is 0 Å². The fourth-order valence-corrected chi connectivity index (χ4v) is 1.53. The number of anilines is 1. The number of hydrogen-bond donors (Lipinski definition) is 2. The van der Waals surface area contributed by atoms with E-state index in [1.807, 2.05) is 30.5 Å². The molecule has 0 saturated carbocycles. The summed E-state index contributed by atoms with van der Waals surface area (Å²) in [5.74, 6) is 0. The van der Waals surface area contributed by atoms with Crippen LogP contribution in [0.4, 0.5) is 5.69 Å². The first-order valence-electron chi connectivity index (χ1n) is 4.86. The number of benzene rings is 1. The third kappa shape index (κ3) is 2.07. The summed E-state index contributed by atoms with van der Waals surface area (Å²) >= 11 is 0. The summed E-state index contributed by atoms with van der Waals surface area (Å²) in [6.45, 7) is 0. The zero-order valence-electron chi connectivity index (χ0n) is 8.35. The van der Waals surface area contributed by atoms with E-state index < -0.39 is 0 Å². The molecule has 0 atom stereocenters. The molecule has 1 heterocycles. The van der Waals surface area contributed by atoms with E-state index >= 15 is 0 Å². The van der Waals surface area contributed by atoms with Crippen LogP contribution in [-0.2, 0) is 0 Å². The SMILES string of the molecule is NC=CCC1=NC=CNc2ccccc21. The zero-order chi connectivity index (χ0) is 10.5. The second-order valence-corrected chi connectivity index (χ2v) is 3.21. The summed E-state index contributed by atoms with van der Waals surface area (Å²) in [5.41, 5.74) is 8.56. The summed E-state index contributed by atoms with van der Waals surface area (Å²) < 4.78 is 0. The number of hydrogen-bond acceptors (Lipinski definition) is 3. The molecule has 0 amide bonds. The fraction of sp³-hybridized carbons (Fsp3) is 0.0833. The first-order chi connectivity index (χ1) is 7.42. The first-order valence-corrected chi connectivity index (χ1v) is 4.86. The Balaban J connectivity index is 2.38. The van der Waals surface area contributed by atoms with E-state index in [0.717, 1.165) is 23.4 Å². The maximum atomic E-state index is 5.34. The number of nitrogens with two attached hydrogens (primary N) is 1. The topological polar surface area (TPSA) is 50.4 Å². The monoisotopic (exact) mass is 199 g/mol. The number of aliphatic imine (C=N–C) groups is 1. The van der Waals surface area contributed by atoms with Crippen molar-refractivity contribution >= 4 is 11.4 Å². The summed E-state index contributed by atoms with van der Waals surface area (Å²) in [4.78, 5) is 4.37. The highest BCUT2D eigenvalue weighted by Gasteiger charge is 2.07. The van der Waals surface area contributed by atoms with Gasteiger partial charge in [-0.05, 0) is 12.3 Å². The molecule has 0 saturated heterocycles. The van der Waals surface area contributed by atoms with Crippen LogP contribution in [0.3, 0.4) is 0 Å². The van der Waals surface area contributed by atoms with E-state index in [1.54, 1.807) is 12.4 Å². The molecule has 0 fully saturated rings. The first kappa shape index (κ1) is 9.52. The second-order valence-electron chi connectivity index (χ2n) is 3.21. The Morgan fingerprint density at radius 1 is 1.33 bits per heavy atom. The molecular weight excluding hydrogens is 186 g/mol. The Bertz CT molecular complexity index is 430. The lowest BCUT2D eigenvalue weighted by molar-refractivity contribution is 1.38. The Kier molecular flexibility index (Phi) is 2.83. The van der Waals surface area contributed by atoms with E-state index in [4.69, 9.17) is 5.73 Å². The molecule has 1 aliphatic heterocycles. The van der Waals surface area contributed by atoms with Crippen molar-refractivity contribution in [2.75, 3.05) is 5.32 Å². The van der Waals surface area contributed by atoms with Gasteiger partial charge in [0.25, 0.3) is 0 Å². The quantitative estimate of drug-likeness (QED) is 0.767. The highest BCUT2D eigenvalue weighted by atomic mass is 14.9. The van der Waals surface area contributed by atoms with Gasteiger partial charge in [-0.3, -0.25) is 4.99 Å². The van der Waals surface area contributed by atoms with Crippen LogP contribution >= 0.6 is 0 Å². The molecule has 0 bridgehead atoms. The average molecular weight is 199 g/mol. The molecule has 3 nitrogen and oxygen atoms in total. The molecule has 0 unspecified atom stereocenters. The zero-order valence-corrected chi connectivity index (χ0v) is 8.35. The number of allylic oxidation sites excluding steroid dienone is 1. The molecule has 15 heavy (non-hydrogen) atoms. The summed E-state index contributed by atoms with van der Waals surface area (Å²) in [6, 6.07) is 8.10. The number of nitrogens with zero attached hydrogens (tertiary/aromatic N) is 1. The minimum Gasteiger partial charge on any atom is -0.405 e. The lowest BCUT2D eigenvalue weighted by atomic mass is 10.1. The molecule has 0 aliphatic carbocycles. The lowest BCUT2D eigenvalue weighted by Crippen LogP contribution is -2.01. The Morgan fingerprint density at radius 2 is 2.20 bits per heavy atom. The van der Waals surface area contributed by atoms with Crippen molar-refractivity contribution in [2.24, 2.45) is 10.7 Å². The van der Waals surface area contributed by atoms with Gasteiger partial charge in [0.05, 0.1) is 5.71 Å². The van der Waals surface area contributed by atoms with Crippen LogP contribution in [0.15, 0.2) is 53.9 Å². The molecule has 76 valence electrons. The van der Waals surface area contributed by atoms with Gasteiger partial charge in [-0.2, -0.15) is 0 Å². The number of nitrogens with one attached hydrogen (secondary N) is 1. The molecule has 1 aromatic rings. The standard InChI is InChI=1S/C12H13N3/c13-7-3-6-12-10-4-1-2-5-11(10)14-8-9-15-12/h1-5,7-9,14H,6,13H2. The van der Waals surface area contributed by atoms with Crippen LogP contribution in [0.1, 0.15) is 12.0 Å². The van der Waals surface area contributed by atoms with Crippen LogP contribution in [0.2, 0.25) is 0 Å².